The van der Waals surface area contributed by atoms with Gasteiger partial charge in [0.2, 0.25) is 0 Å². The summed E-state index contributed by atoms with van der Waals surface area (Å²) in [5.74, 6) is 6.65. The van der Waals surface area contributed by atoms with E-state index in [9.17, 15) is 4.79 Å². The molecule has 4 saturated carbocycles. The third-order valence-corrected chi connectivity index (χ3v) is 12.4. The molecule has 4 rings (SSSR count). The van der Waals surface area contributed by atoms with Gasteiger partial charge in [-0.1, -0.05) is 70.3 Å². The zero-order chi connectivity index (χ0) is 22.6. The van der Waals surface area contributed by atoms with Crippen molar-refractivity contribution in [2.45, 2.75) is 117 Å². The van der Waals surface area contributed by atoms with Crippen LogP contribution in [-0.4, -0.2) is 10.6 Å². The topological polar surface area (TPSA) is 17.1 Å². The second kappa shape index (κ2) is 9.07. The van der Waals surface area contributed by atoms with Crippen LogP contribution in [0.25, 0.3) is 0 Å². The maximum absolute atomic E-state index is 13.4. The van der Waals surface area contributed by atoms with Gasteiger partial charge in [-0.2, -0.15) is 0 Å². The van der Waals surface area contributed by atoms with E-state index in [1.54, 1.807) is 0 Å². The molecule has 10 atom stereocenters. The molecule has 4 aliphatic rings. The second-order valence-corrected chi connectivity index (χ2v) is 14.5. The van der Waals surface area contributed by atoms with Crippen molar-refractivity contribution in [3.05, 3.63) is 0 Å². The molecule has 2 heteroatoms. The van der Waals surface area contributed by atoms with Crippen LogP contribution in [0.15, 0.2) is 0 Å². The molecule has 178 valence electrons. The first-order valence-corrected chi connectivity index (χ1v) is 14.7. The van der Waals surface area contributed by atoms with E-state index in [2.05, 4.69) is 57.5 Å². The number of hydrogen-bond donors (Lipinski definition) is 0. The van der Waals surface area contributed by atoms with Gasteiger partial charge in [0.15, 0.2) is 0 Å². The fourth-order valence-electron chi connectivity index (χ4n) is 9.66. The predicted octanol–water partition coefficient (Wildman–Crippen LogP) is 8.69. The van der Waals surface area contributed by atoms with Crippen LogP contribution in [-0.2, 0) is 4.79 Å². The lowest BCUT2D eigenvalue weighted by atomic mass is 9.44. The fourth-order valence-corrected chi connectivity index (χ4v) is 10.3. The number of alkyl halides is 1. The lowest BCUT2D eigenvalue weighted by Crippen LogP contribution is -2.56. The summed E-state index contributed by atoms with van der Waals surface area (Å²) in [6.45, 7) is 14.9. The SMILES string of the molecule is CC[C@@H](CC[C@@H](C)[C@@H]1CC[C@H]2[C@H]3CC(=O)[C@H]4C[C@@H](Br)CC[C@]4(C)[C@@H]3CC[C@@]21C)C(C)C. The predicted molar refractivity (Wildman–Crippen MR) is 135 cm³/mol. The van der Waals surface area contributed by atoms with Crippen LogP contribution in [0.3, 0.4) is 0 Å². The van der Waals surface area contributed by atoms with Gasteiger partial charge in [0, 0.05) is 17.2 Å². The molecule has 0 heterocycles. The molecule has 0 spiro atoms. The molecule has 4 fully saturated rings. The Balaban J connectivity index is 1.49. The van der Waals surface area contributed by atoms with Crippen LogP contribution in [0.5, 0.6) is 0 Å². The average Bonchev–Trinajstić information content (AvgIpc) is 3.07. The van der Waals surface area contributed by atoms with E-state index in [0.717, 1.165) is 48.3 Å². The van der Waals surface area contributed by atoms with E-state index >= 15 is 0 Å². The third-order valence-electron chi connectivity index (χ3n) is 11.6. The van der Waals surface area contributed by atoms with Crippen molar-refractivity contribution >= 4 is 21.7 Å². The standard InChI is InChI=1S/C29H49BrO/c1-7-20(18(2)3)9-8-19(4)23-10-11-24-22-17-27(31)26-16-21(30)12-14-29(26,6)25(22)13-15-28(23,24)5/h18-26H,7-17H2,1-6H3/t19-,20+,21+,22-,23+,24+,25-,26-,28-,29-/m1/s1. The number of fused-ring (bicyclic) bond motifs is 5. The van der Waals surface area contributed by atoms with Gasteiger partial charge in [-0.3, -0.25) is 4.79 Å². The van der Waals surface area contributed by atoms with Gasteiger partial charge >= 0.3 is 0 Å². The number of halogens is 1. The third kappa shape index (κ3) is 4.12. The molecule has 0 aromatic heterocycles. The van der Waals surface area contributed by atoms with Gasteiger partial charge < -0.3 is 0 Å². The van der Waals surface area contributed by atoms with Crippen molar-refractivity contribution < 1.29 is 4.79 Å². The first-order valence-electron chi connectivity index (χ1n) is 13.8. The largest absolute Gasteiger partial charge is 0.299 e. The minimum absolute atomic E-state index is 0.279. The van der Waals surface area contributed by atoms with Crippen LogP contribution >= 0.6 is 15.9 Å². The molecule has 0 bridgehead atoms. The minimum Gasteiger partial charge on any atom is -0.299 e. The zero-order valence-electron chi connectivity index (χ0n) is 21.3. The number of ketones is 1. The van der Waals surface area contributed by atoms with Crippen LogP contribution in [0.1, 0.15) is 112 Å². The van der Waals surface area contributed by atoms with Crippen molar-refractivity contribution in [2.24, 2.45) is 58.2 Å². The molecule has 0 aliphatic heterocycles. The quantitative estimate of drug-likeness (QED) is 0.338. The van der Waals surface area contributed by atoms with E-state index in [1.807, 2.05) is 0 Å². The van der Waals surface area contributed by atoms with Crippen molar-refractivity contribution in [3.8, 4) is 0 Å². The maximum Gasteiger partial charge on any atom is 0.136 e. The molecule has 31 heavy (non-hydrogen) atoms. The van der Waals surface area contributed by atoms with E-state index in [0.29, 0.717) is 27.9 Å². The summed E-state index contributed by atoms with van der Waals surface area (Å²) in [6, 6.07) is 0. The fraction of sp³-hybridized carbons (Fsp3) is 0.966. The van der Waals surface area contributed by atoms with Gasteiger partial charge in [-0.15, -0.1) is 0 Å². The van der Waals surface area contributed by atoms with Gasteiger partial charge in [-0.25, -0.2) is 0 Å². The van der Waals surface area contributed by atoms with Gasteiger partial charge in [0.05, 0.1) is 0 Å². The number of Topliss-reactive ketones (excluding diaryl/α,β-unsaturated/α-hetero) is 1. The second-order valence-electron chi connectivity index (χ2n) is 13.2. The van der Waals surface area contributed by atoms with Crippen LogP contribution in [0.4, 0.5) is 0 Å². The lowest BCUT2D eigenvalue weighted by molar-refractivity contribution is -0.154. The van der Waals surface area contributed by atoms with Gasteiger partial charge in [0.1, 0.15) is 5.78 Å². The Bertz CT molecular complexity index is 657. The number of hydrogen-bond acceptors (Lipinski definition) is 1. The Hall–Kier alpha value is 0.150. The van der Waals surface area contributed by atoms with Crippen molar-refractivity contribution in [1.29, 1.82) is 0 Å². The molecule has 0 aromatic carbocycles. The van der Waals surface area contributed by atoms with Crippen LogP contribution in [0, 0.1) is 58.2 Å². The molecule has 0 aromatic rings. The normalized spacial score (nSPS) is 46.9. The minimum atomic E-state index is 0.279. The van der Waals surface area contributed by atoms with E-state index in [4.69, 9.17) is 0 Å². The molecule has 1 nitrogen and oxygen atoms in total. The highest BCUT2D eigenvalue weighted by atomic mass is 79.9. The maximum atomic E-state index is 13.4. The summed E-state index contributed by atoms with van der Waals surface area (Å²) in [6.07, 6.45) is 14.3. The Morgan fingerprint density at radius 2 is 1.65 bits per heavy atom. The van der Waals surface area contributed by atoms with Crippen LogP contribution in [0.2, 0.25) is 0 Å². The molecule has 0 N–H and O–H groups in total. The zero-order valence-corrected chi connectivity index (χ0v) is 22.8. The van der Waals surface area contributed by atoms with E-state index < -0.39 is 0 Å². The Labute approximate surface area is 201 Å². The summed E-state index contributed by atoms with van der Waals surface area (Å²) in [4.78, 5) is 14.0. The molecule has 4 aliphatic carbocycles. The van der Waals surface area contributed by atoms with Crippen molar-refractivity contribution in [1.82, 2.24) is 0 Å². The highest BCUT2D eigenvalue weighted by Crippen LogP contribution is 2.68. The summed E-state index contributed by atoms with van der Waals surface area (Å²) in [7, 11) is 0. The molecular weight excluding hydrogens is 444 g/mol. The Kier molecular flexibility index (Phi) is 7.10. The highest BCUT2D eigenvalue weighted by Gasteiger charge is 2.62. The monoisotopic (exact) mass is 492 g/mol. The summed E-state index contributed by atoms with van der Waals surface area (Å²) in [5.41, 5.74) is 0.761. The van der Waals surface area contributed by atoms with Crippen molar-refractivity contribution in [3.63, 3.8) is 0 Å². The first-order chi connectivity index (χ1) is 14.6. The Morgan fingerprint density at radius 1 is 0.968 bits per heavy atom. The summed E-state index contributed by atoms with van der Waals surface area (Å²) in [5, 5.41) is 0. The van der Waals surface area contributed by atoms with Crippen molar-refractivity contribution in [2.75, 3.05) is 0 Å². The molecule has 0 amide bonds. The molecule has 0 saturated heterocycles. The number of carbonyl (C=O) groups is 1. The van der Waals surface area contributed by atoms with Crippen LogP contribution < -0.4 is 0 Å². The van der Waals surface area contributed by atoms with Gasteiger partial charge in [0.25, 0.3) is 0 Å². The van der Waals surface area contributed by atoms with E-state index in [1.165, 1.54) is 57.8 Å². The average molecular weight is 494 g/mol. The number of rotatable bonds is 6. The summed E-state index contributed by atoms with van der Waals surface area (Å²) >= 11 is 3.85. The molecule has 0 unspecified atom stereocenters. The molecule has 0 radical (unpaired) electrons. The summed E-state index contributed by atoms with van der Waals surface area (Å²) < 4.78 is 0. The van der Waals surface area contributed by atoms with Gasteiger partial charge in [-0.05, 0) is 104 Å². The Morgan fingerprint density at radius 3 is 2.32 bits per heavy atom. The smallest absolute Gasteiger partial charge is 0.136 e. The highest BCUT2D eigenvalue weighted by molar-refractivity contribution is 9.09. The number of carbonyl (C=O) groups excluding carboxylic acids is 1. The molecular formula is C29H49BrO. The van der Waals surface area contributed by atoms with E-state index in [-0.39, 0.29) is 5.41 Å². The lowest BCUT2D eigenvalue weighted by Gasteiger charge is -2.60. The first kappa shape index (κ1) is 24.3.